The Morgan fingerprint density at radius 2 is 2.00 bits per heavy atom. The van der Waals surface area contributed by atoms with Crippen LogP contribution >= 0.6 is 0 Å². The van der Waals surface area contributed by atoms with E-state index in [0.717, 1.165) is 6.54 Å². The fourth-order valence-electron chi connectivity index (χ4n) is 1.36. The maximum absolute atomic E-state index is 5.71. The van der Waals surface area contributed by atoms with Crippen molar-refractivity contribution in [3.63, 3.8) is 0 Å². The van der Waals surface area contributed by atoms with Crippen LogP contribution in [-0.2, 0) is 21.1 Å². The summed E-state index contributed by atoms with van der Waals surface area (Å²) in [6.07, 6.45) is 3.71. The first kappa shape index (κ1) is 9.61. The van der Waals surface area contributed by atoms with Gasteiger partial charge in [-0.05, 0) is 25.3 Å². The summed E-state index contributed by atoms with van der Waals surface area (Å²) in [5, 5.41) is 0. The van der Waals surface area contributed by atoms with Crippen molar-refractivity contribution in [2.75, 3.05) is 6.54 Å². The number of nitrogens with two attached hydrogens (primary N) is 2. The summed E-state index contributed by atoms with van der Waals surface area (Å²) in [7, 11) is 0. The maximum atomic E-state index is 5.71. The summed E-state index contributed by atoms with van der Waals surface area (Å²) in [6.45, 7) is 0.779. The van der Waals surface area contributed by atoms with Gasteiger partial charge in [-0.3, -0.25) is 0 Å². The normalized spacial score (nSPS) is 34.0. The average molecular weight is 309 g/mol. The molecule has 0 aromatic heterocycles. The fraction of sp³-hybridized carbons (Fsp3) is 1.00. The van der Waals surface area contributed by atoms with Crippen LogP contribution in [0.15, 0.2) is 0 Å². The van der Waals surface area contributed by atoms with E-state index in [1.54, 1.807) is 0 Å². The summed E-state index contributed by atoms with van der Waals surface area (Å²) in [4.78, 5) is 0. The molecule has 9 heavy (non-hydrogen) atoms. The summed E-state index contributed by atoms with van der Waals surface area (Å²) in [5.74, 6) is 0.620. The Hall–Kier alpha value is 0.608. The molecule has 0 aromatic rings. The fourth-order valence-corrected chi connectivity index (χ4v) is 1.36. The van der Waals surface area contributed by atoms with Crippen LogP contribution in [0, 0.1) is 5.92 Å². The van der Waals surface area contributed by atoms with Gasteiger partial charge in [-0.15, -0.1) is 0 Å². The molecule has 3 heteroatoms. The topological polar surface area (TPSA) is 52.0 Å². The van der Waals surface area contributed by atoms with Crippen molar-refractivity contribution in [3.05, 3.63) is 0 Å². The smallest absolute Gasteiger partial charge is 0.330 e. The molecular weight excluding hydrogens is 295 g/mol. The monoisotopic (exact) mass is 309 g/mol. The molecule has 0 radical (unpaired) electrons. The molecule has 1 rings (SSSR count). The van der Waals surface area contributed by atoms with Crippen LogP contribution in [-0.4, -0.2) is 12.6 Å². The first-order valence-electron chi connectivity index (χ1n) is 3.30. The van der Waals surface area contributed by atoms with E-state index in [4.69, 9.17) is 11.5 Å². The first-order chi connectivity index (χ1) is 3.84. The zero-order valence-corrected chi connectivity index (χ0v) is 7.73. The zero-order valence-electron chi connectivity index (χ0n) is 5.45. The van der Waals surface area contributed by atoms with Crippen LogP contribution in [0.25, 0.3) is 0 Å². The Kier molecular flexibility index (Phi) is 4.73. The van der Waals surface area contributed by atoms with Crippen molar-refractivity contribution >= 4 is 0 Å². The van der Waals surface area contributed by atoms with E-state index in [0.29, 0.717) is 12.0 Å². The molecule has 2 unspecified atom stereocenters. The quantitative estimate of drug-likeness (QED) is 0.720. The Balaban J connectivity index is 0.000000640. The van der Waals surface area contributed by atoms with Gasteiger partial charge in [-0.25, -0.2) is 0 Å². The predicted octanol–water partition coefficient (Wildman–Crippen LogP) is 0.0700. The van der Waals surface area contributed by atoms with Gasteiger partial charge in [0.2, 0.25) is 0 Å². The summed E-state index contributed by atoms with van der Waals surface area (Å²) in [6, 6.07) is 0.403. The number of rotatable bonds is 1. The summed E-state index contributed by atoms with van der Waals surface area (Å²) >= 11 is 0. The second-order valence-corrected chi connectivity index (χ2v) is 2.59. The number of hydrogen-bond acceptors (Lipinski definition) is 2. The van der Waals surface area contributed by atoms with E-state index in [1.807, 2.05) is 0 Å². The molecule has 0 saturated heterocycles. The molecule has 0 aliphatic heterocycles. The van der Waals surface area contributed by atoms with Crippen LogP contribution in [0.4, 0.5) is 0 Å². The van der Waals surface area contributed by atoms with E-state index in [2.05, 4.69) is 0 Å². The SMILES string of the molecule is NCC1CCCC1N.[Pt+2]. The molecule has 0 heterocycles. The van der Waals surface area contributed by atoms with Crippen molar-refractivity contribution in [2.45, 2.75) is 25.3 Å². The third-order valence-corrected chi connectivity index (χ3v) is 2.02. The second-order valence-electron chi connectivity index (χ2n) is 2.59. The molecule has 0 bridgehead atoms. The van der Waals surface area contributed by atoms with E-state index in [9.17, 15) is 0 Å². The van der Waals surface area contributed by atoms with Gasteiger partial charge in [0, 0.05) is 6.04 Å². The van der Waals surface area contributed by atoms with Crippen LogP contribution in [0.5, 0.6) is 0 Å². The molecule has 0 amide bonds. The molecule has 1 aliphatic rings. The Morgan fingerprint density at radius 3 is 2.22 bits per heavy atom. The summed E-state index contributed by atoms with van der Waals surface area (Å²) in [5.41, 5.74) is 11.2. The third kappa shape index (κ3) is 2.36. The van der Waals surface area contributed by atoms with Gasteiger partial charge in [0.05, 0.1) is 0 Å². The standard InChI is InChI=1S/C6H14N2.Pt/c7-4-5-2-1-3-6(5)8;/h5-6H,1-4,7-8H2;/q;+2. The molecule has 2 atom stereocenters. The molecule has 2 nitrogen and oxygen atoms in total. The van der Waals surface area contributed by atoms with Crippen LogP contribution in [0.2, 0.25) is 0 Å². The van der Waals surface area contributed by atoms with Crippen LogP contribution in [0.3, 0.4) is 0 Å². The van der Waals surface area contributed by atoms with Gasteiger partial charge in [-0.2, -0.15) is 0 Å². The third-order valence-electron chi connectivity index (χ3n) is 2.02. The second kappa shape index (κ2) is 4.43. The first-order valence-corrected chi connectivity index (χ1v) is 3.30. The number of hydrogen-bond donors (Lipinski definition) is 2. The molecule has 0 spiro atoms. The molecule has 56 valence electrons. The Morgan fingerprint density at radius 1 is 1.33 bits per heavy atom. The van der Waals surface area contributed by atoms with Gasteiger partial charge in [-0.1, -0.05) is 6.42 Å². The Bertz CT molecular complexity index is 77.5. The predicted molar refractivity (Wildman–Crippen MR) is 34.4 cm³/mol. The van der Waals surface area contributed by atoms with E-state index in [-0.39, 0.29) is 21.1 Å². The maximum Gasteiger partial charge on any atom is 2.00 e. The largest absolute Gasteiger partial charge is 2.00 e. The van der Waals surface area contributed by atoms with Crippen molar-refractivity contribution in [2.24, 2.45) is 17.4 Å². The molecule has 4 N–H and O–H groups in total. The average Bonchev–Trinajstić information content (AvgIpc) is 2.14. The molecule has 1 aliphatic carbocycles. The van der Waals surface area contributed by atoms with Crippen molar-refractivity contribution in [1.82, 2.24) is 0 Å². The molecule has 1 saturated carbocycles. The minimum absolute atomic E-state index is 0. The molecule has 1 fully saturated rings. The molecule has 0 aromatic carbocycles. The van der Waals surface area contributed by atoms with Crippen LogP contribution < -0.4 is 11.5 Å². The van der Waals surface area contributed by atoms with Crippen LogP contribution in [0.1, 0.15) is 19.3 Å². The summed E-state index contributed by atoms with van der Waals surface area (Å²) < 4.78 is 0. The van der Waals surface area contributed by atoms with E-state index in [1.165, 1.54) is 19.3 Å². The molecular formula is C6H14N2Pt+2. The van der Waals surface area contributed by atoms with Gasteiger partial charge in [0.25, 0.3) is 0 Å². The van der Waals surface area contributed by atoms with Crippen molar-refractivity contribution < 1.29 is 21.1 Å². The van der Waals surface area contributed by atoms with Crippen molar-refractivity contribution in [1.29, 1.82) is 0 Å². The zero-order chi connectivity index (χ0) is 5.98. The van der Waals surface area contributed by atoms with Gasteiger partial charge < -0.3 is 11.5 Å². The van der Waals surface area contributed by atoms with Gasteiger partial charge in [0.1, 0.15) is 0 Å². The van der Waals surface area contributed by atoms with E-state index >= 15 is 0 Å². The minimum Gasteiger partial charge on any atom is -0.330 e. The Labute approximate surface area is 70.6 Å². The minimum atomic E-state index is 0. The van der Waals surface area contributed by atoms with Crippen molar-refractivity contribution in [3.8, 4) is 0 Å². The van der Waals surface area contributed by atoms with Gasteiger partial charge in [0.15, 0.2) is 0 Å². The van der Waals surface area contributed by atoms with E-state index < -0.39 is 0 Å². The van der Waals surface area contributed by atoms with Gasteiger partial charge >= 0.3 is 21.1 Å².